The van der Waals surface area contributed by atoms with Crippen LogP contribution in [0, 0.1) is 0 Å². The molecule has 1 atom stereocenters. The Kier molecular flexibility index (Phi) is 4.98. The second-order valence-corrected chi connectivity index (χ2v) is 7.28. The molecule has 2 heterocycles. The number of para-hydroxylation sites is 1. The minimum Gasteiger partial charge on any atom is -0.479 e. The number of pyridine rings is 1. The monoisotopic (exact) mass is 378 g/mol. The number of carbonyl (C=O) groups is 1. The number of benzene rings is 2. The first-order valence-corrected chi connectivity index (χ1v) is 9.61. The molecular weight excluding hydrogens is 360 g/mol. The molecule has 3 aromatic rings. The van der Waals surface area contributed by atoms with Crippen molar-refractivity contribution in [1.29, 1.82) is 0 Å². The maximum atomic E-state index is 12.5. The smallest absolute Gasteiger partial charge is 0.266 e. The van der Waals surface area contributed by atoms with Crippen molar-refractivity contribution in [2.24, 2.45) is 0 Å². The van der Waals surface area contributed by atoms with Gasteiger partial charge in [0.1, 0.15) is 5.75 Å². The number of anilines is 1. The molecule has 0 saturated carbocycles. The zero-order valence-corrected chi connectivity index (χ0v) is 15.3. The van der Waals surface area contributed by atoms with Gasteiger partial charge in [-0.3, -0.25) is 9.59 Å². The van der Waals surface area contributed by atoms with Gasteiger partial charge in [0.05, 0.1) is 6.54 Å². The highest BCUT2D eigenvalue weighted by Crippen LogP contribution is 2.35. The summed E-state index contributed by atoms with van der Waals surface area (Å²) in [4.78, 5) is 25.3. The molecule has 0 fully saturated rings. The van der Waals surface area contributed by atoms with Crippen LogP contribution in [0.5, 0.6) is 5.75 Å². The van der Waals surface area contributed by atoms with Crippen molar-refractivity contribution < 1.29 is 9.53 Å². The van der Waals surface area contributed by atoms with Gasteiger partial charge in [-0.2, -0.15) is 0 Å². The summed E-state index contributed by atoms with van der Waals surface area (Å²) in [5.41, 5.74) is 1.65. The lowest BCUT2D eigenvalue weighted by Gasteiger charge is -2.24. The fourth-order valence-electron chi connectivity index (χ4n) is 2.85. The van der Waals surface area contributed by atoms with Crippen LogP contribution in [0.1, 0.15) is 5.56 Å². The van der Waals surface area contributed by atoms with E-state index in [1.54, 1.807) is 28.6 Å². The Morgan fingerprint density at radius 3 is 2.67 bits per heavy atom. The Labute approximate surface area is 161 Å². The number of rotatable bonds is 4. The Hall–Kier alpha value is -2.99. The highest BCUT2D eigenvalue weighted by Gasteiger charge is 2.26. The first-order valence-electron chi connectivity index (χ1n) is 8.63. The van der Waals surface area contributed by atoms with Gasteiger partial charge in [0.15, 0.2) is 6.10 Å². The molecule has 1 aromatic heterocycles. The summed E-state index contributed by atoms with van der Waals surface area (Å²) < 4.78 is 7.45. The predicted molar refractivity (Wildman–Crippen MR) is 106 cm³/mol. The normalized spacial score (nSPS) is 15.5. The van der Waals surface area contributed by atoms with Crippen molar-refractivity contribution in [3.8, 4) is 5.75 Å². The van der Waals surface area contributed by atoms with Gasteiger partial charge in [-0.05, 0) is 35.9 Å². The van der Waals surface area contributed by atoms with Crippen molar-refractivity contribution in [2.45, 2.75) is 17.5 Å². The average Bonchev–Trinajstić information content (AvgIpc) is 2.71. The van der Waals surface area contributed by atoms with E-state index in [1.165, 1.54) is 6.07 Å². The van der Waals surface area contributed by atoms with Crippen LogP contribution in [-0.4, -0.2) is 22.3 Å². The molecule has 136 valence electrons. The Morgan fingerprint density at radius 1 is 1.07 bits per heavy atom. The number of nitrogens with zero attached hydrogens (tertiary/aromatic N) is 1. The van der Waals surface area contributed by atoms with Gasteiger partial charge in [-0.15, -0.1) is 11.8 Å². The molecule has 0 aliphatic carbocycles. The number of ether oxygens (including phenoxy) is 1. The number of thioether (sulfide) groups is 1. The highest BCUT2D eigenvalue weighted by atomic mass is 32.2. The van der Waals surface area contributed by atoms with Crippen LogP contribution in [0.2, 0.25) is 0 Å². The van der Waals surface area contributed by atoms with E-state index in [2.05, 4.69) is 5.32 Å². The number of hydrogen-bond acceptors (Lipinski definition) is 4. The molecule has 0 spiro atoms. The van der Waals surface area contributed by atoms with Crippen molar-refractivity contribution >= 4 is 23.4 Å². The van der Waals surface area contributed by atoms with E-state index in [-0.39, 0.29) is 11.5 Å². The molecule has 0 saturated heterocycles. The van der Waals surface area contributed by atoms with Gasteiger partial charge < -0.3 is 14.6 Å². The quantitative estimate of drug-likeness (QED) is 0.756. The van der Waals surface area contributed by atoms with Gasteiger partial charge in [0.25, 0.3) is 11.5 Å². The lowest BCUT2D eigenvalue weighted by Crippen LogP contribution is -2.36. The van der Waals surface area contributed by atoms with Crippen LogP contribution in [-0.2, 0) is 11.3 Å². The summed E-state index contributed by atoms with van der Waals surface area (Å²) in [7, 11) is 0. The van der Waals surface area contributed by atoms with E-state index < -0.39 is 6.10 Å². The van der Waals surface area contributed by atoms with E-state index in [9.17, 15) is 9.59 Å². The molecule has 1 amide bonds. The van der Waals surface area contributed by atoms with E-state index in [0.29, 0.717) is 18.0 Å². The second-order valence-electron chi connectivity index (χ2n) is 6.22. The van der Waals surface area contributed by atoms with Crippen LogP contribution >= 0.6 is 11.8 Å². The fraction of sp³-hybridized carbons (Fsp3) is 0.143. The number of carbonyl (C=O) groups excluding carboxylic acids is 1. The number of amides is 1. The molecule has 1 N–H and O–H groups in total. The lowest BCUT2D eigenvalue weighted by atomic mass is 10.2. The average molecular weight is 378 g/mol. The van der Waals surface area contributed by atoms with E-state index in [4.69, 9.17) is 4.74 Å². The minimum atomic E-state index is -0.521. The molecule has 1 aliphatic heterocycles. The van der Waals surface area contributed by atoms with Crippen molar-refractivity contribution in [3.05, 3.63) is 88.8 Å². The molecule has 0 bridgehead atoms. The third-order valence-electron chi connectivity index (χ3n) is 4.27. The summed E-state index contributed by atoms with van der Waals surface area (Å²) in [5, 5.41) is 2.90. The second kappa shape index (κ2) is 7.72. The zero-order chi connectivity index (χ0) is 18.6. The van der Waals surface area contributed by atoms with Crippen molar-refractivity contribution in [2.75, 3.05) is 11.1 Å². The first kappa shape index (κ1) is 17.4. The summed E-state index contributed by atoms with van der Waals surface area (Å²) in [6, 6.07) is 20.3. The molecule has 0 radical (unpaired) electrons. The van der Waals surface area contributed by atoms with Gasteiger partial charge in [-0.1, -0.05) is 30.3 Å². The maximum Gasteiger partial charge on any atom is 0.266 e. The van der Waals surface area contributed by atoms with Crippen LogP contribution in [0.3, 0.4) is 0 Å². The van der Waals surface area contributed by atoms with Gasteiger partial charge in [0.2, 0.25) is 0 Å². The van der Waals surface area contributed by atoms with Gasteiger partial charge >= 0.3 is 0 Å². The predicted octanol–water partition coefficient (Wildman–Crippen LogP) is 3.39. The van der Waals surface area contributed by atoms with Crippen molar-refractivity contribution in [3.63, 3.8) is 0 Å². The number of hydrogen-bond donors (Lipinski definition) is 1. The third kappa shape index (κ3) is 4.06. The highest BCUT2D eigenvalue weighted by molar-refractivity contribution is 7.99. The Morgan fingerprint density at radius 2 is 1.85 bits per heavy atom. The molecule has 0 unspecified atom stereocenters. The summed E-state index contributed by atoms with van der Waals surface area (Å²) in [6.07, 6.45) is 1.24. The summed E-state index contributed by atoms with van der Waals surface area (Å²) >= 11 is 1.62. The van der Waals surface area contributed by atoms with Crippen LogP contribution in [0.4, 0.5) is 5.69 Å². The Bertz CT molecular complexity index is 1010. The van der Waals surface area contributed by atoms with E-state index in [0.717, 1.165) is 16.2 Å². The molecule has 2 aromatic carbocycles. The van der Waals surface area contributed by atoms with Crippen LogP contribution < -0.4 is 15.6 Å². The first-order chi connectivity index (χ1) is 13.2. The number of nitrogens with one attached hydrogen (secondary N) is 1. The summed E-state index contributed by atoms with van der Waals surface area (Å²) in [6.45, 7) is 0.493. The summed E-state index contributed by atoms with van der Waals surface area (Å²) in [5.74, 6) is 1.17. The minimum absolute atomic E-state index is 0.0397. The standard InChI is InChI=1S/C21H18N2O3S/c24-20-7-3-4-12-23(20)13-15-8-10-16(11-9-15)22-21(25)18-14-27-19-6-2-1-5-17(19)26-18/h1-12,18H,13-14H2,(H,22,25)/t18-/m0/s1. The SMILES string of the molecule is O=C(Nc1ccc(Cn2ccccc2=O)cc1)[C@@H]1CSc2ccccc2O1. The van der Waals surface area contributed by atoms with Crippen LogP contribution in [0.25, 0.3) is 0 Å². The molecular formula is C21H18N2O3S. The number of fused-ring (bicyclic) bond motifs is 1. The van der Waals surface area contributed by atoms with Gasteiger partial charge in [0, 0.05) is 28.6 Å². The molecule has 6 heteroatoms. The Balaban J connectivity index is 1.39. The van der Waals surface area contributed by atoms with Gasteiger partial charge in [-0.25, -0.2) is 0 Å². The fourth-order valence-corrected chi connectivity index (χ4v) is 3.84. The third-order valence-corrected chi connectivity index (χ3v) is 5.39. The molecule has 4 rings (SSSR count). The topological polar surface area (TPSA) is 60.3 Å². The zero-order valence-electron chi connectivity index (χ0n) is 14.5. The molecule has 27 heavy (non-hydrogen) atoms. The molecule has 1 aliphatic rings. The van der Waals surface area contributed by atoms with Crippen molar-refractivity contribution in [1.82, 2.24) is 4.57 Å². The lowest BCUT2D eigenvalue weighted by molar-refractivity contribution is -0.122. The van der Waals surface area contributed by atoms with E-state index >= 15 is 0 Å². The number of aromatic nitrogens is 1. The largest absolute Gasteiger partial charge is 0.479 e. The van der Waals surface area contributed by atoms with E-state index in [1.807, 2.05) is 54.6 Å². The molecule has 5 nitrogen and oxygen atoms in total. The maximum absolute atomic E-state index is 12.5. The van der Waals surface area contributed by atoms with Crippen LogP contribution in [0.15, 0.2) is 82.6 Å².